The molecule has 3 nitrogen and oxygen atoms in total. The Kier molecular flexibility index (Phi) is 8.84. The summed E-state index contributed by atoms with van der Waals surface area (Å²) in [5.74, 6) is 0.691. The van der Waals surface area contributed by atoms with E-state index >= 15 is 0 Å². The molecule has 11 aromatic rings. The minimum absolute atomic E-state index is 0.0502. The highest BCUT2D eigenvalue weighted by Gasteiger charge is 2.35. The molecule has 0 saturated carbocycles. The predicted octanol–water partition coefficient (Wildman–Crippen LogP) is 15.9. The number of rotatable bonds is 7. The van der Waals surface area contributed by atoms with Crippen LogP contribution in [0, 0.1) is 0 Å². The molecule has 0 aliphatic heterocycles. The Bertz CT molecular complexity index is 3440. The number of hydrogen-bond acceptors (Lipinski definition) is 2. The molecular weight excluding hydrogens is 775 g/mol. The van der Waals surface area contributed by atoms with E-state index in [1.807, 2.05) is 12.1 Å². The van der Waals surface area contributed by atoms with Crippen molar-refractivity contribution in [2.24, 2.45) is 0 Å². The number of fused-ring (bicyclic) bond motifs is 6. The molecule has 1 aliphatic carbocycles. The van der Waals surface area contributed by atoms with E-state index in [9.17, 15) is 0 Å². The van der Waals surface area contributed by atoms with Crippen LogP contribution in [-0.2, 0) is 5.41 Å². The van der Waals surface area contributed by atoms with E-state index in [0.717, 1.165) is 50.2 Å². The molecule has 0 atom stereocenters. The van der Waals surface area contributed by atoms with Crippen LogP contribution in [0.2, 0.25) is 0 Å². The van der Waals surface area contributed by atoms with Gasteiger partial charge in [0, 0.05) is 38.6 Å². The Hall–Kier alpha value is -8.14. The van der Waals surface area contributed by atoms with E-state index in [1.165, 1.54) is 61.0 Å². The van der Waals surface area contributed by atoms with Crippen LogP contribution in [0.4, 0.5) is 0 Å². The fourth-order valence-corrected chi connectivity index (χ4v) is 9.94. The topological polar surface area (TPSA) is 30.7 Å². The van der Waals surface area contributed by atoms with Crippen molar-refractivity contribution in [3.63, 3.8) is 0 Å². The molecule has 302 valence electrons. The first-order valence-electron chi connectivity index (χ1n) is 22.1. The second kappa shape index (κ2) is 15.0. The summed E-state index contributed by atoms with van der Waals surface area (Å²) in [5, 5.41) is 2.31. The summed E-state index contributed by atoms with van der Waals surface area (Å²) in [6, 6.07) is 81.0. The summed E-state index contributed by atoms with van der Waals surface area (Å²) >= 11 is 0. The zero-order valence-corrected chi connectivity index (χ0v) is 35.7. The van der Waals surface area contributed by atoms with Crippen LogP contribution in [0.5, 0.6) is 0 Å². The smallest absolute Gasteiger partial charge is 0.160 e. The molecule has 0 N–H and O–H groups in total. The third-order valence-electron chi connectivity index (χ3n) is 13.2. The van der Waals surface area contributed by atoms with E-state index < -0.39 is 0 Å². The number of aromatic nitrogens is 3. The first-order valence-corrected chi connectivity index (χ1v) is 22.1. The van der Waals surface area contributed by atoms with Crippen molar-refractivity contribution in [1.82, 2.24) is 14.5 Å². The molecule has 9 aromatic carbocycles. The molecule has 0 fully saturated rings. The Morgan fingerprint density at radius 1 is 0.328 bits per heavy atom. The van der Waals surface area contributed by atoms with Gasteiger partial charge >= 0.3 is 0 Å². The summed E-state index contributed by atoms with van der Waals surface area (Å²) in [6.07, 6.45) is 0. The molecule has 0 unspecified atom stereocenters. The van der Waals surface area contributed by atoms with Crippen molar-refractivity contribution in [2.75, 3.05) is 0 Å². The number of nitrogens with zero attached hydrogens (tertiary/aromatic N) is 3. The lowest BCUT2D eigenvalue weighted by atomic mass is 9.82. The van der Waals surface area contributed by atoms with Gasteiger partial charge < -0.3 is 4.57 Å². The van der Waals surface area contributed by atoms with E-state index in [4.69, 9.17) is 9.97 Å². The molecule has 3 heteroatoms. The second-order valence-corrected chi connectivity index (χ2v) is 17.4. The molecule has 2 heterocycles. The molecule has 2 aromatic heterocycles. The average Bonchev–Trinajstić information content (AvgIpc) is 3.81. The van der Waals surface area contributed by atoms with Crippen molar-refractivity contribution in [2.45, 2.75) is 19.3 Å². The van der Waals surface area contributed by atoms with Gasteiger partial charge in [0.25, 0.3) is 0 Å². The zero-order chi connectivity index (χ0) is 42.8. The molecule has 0 radical (unpaired) electrons. The molecular formula is C61H43N3. The molecule has 12 rings (SSSR count). The fraction of sp³-hybridized carbons (Fsp3) is 0.0492. The van der Waals surface area contributed by atoms with Gasteiger partial charge in [-0.1, -0.05) is 178 Å². The van der Waals surface area contributed by atoms with Crippen molar-refractivity contribution in [1.29, 1.82) is 0 Å². The highest BCUT2D eigenvalue weighted by Crippen LogP contribution is 2.50. The molecule has 1 aliphatic rings. The Labute approximate surface area is 373 Å². The van der Waals surface area contributed by atoms with Crippen LogP contribution in [-0.4, -0.2) is 14.5 Å². The van der Waals surface area contributed by atoms with Gasteiger partial charge in [-0.2, -0.15) is 0 Å². The van der Waals surface area contributed by atoms with Gasteiger partial charge in [0.1, 0.15) is 0 Å². The van der Waals surface area contributed by atoms with Crippen molar-refractivity contribution < 1.29 is 0 Å². The molecule has 0 saturated heterocycles. The SMILES string of the molecule is CC1(C)c2ccccc2-c2cc(-c3ccc4c(c3)c3cc(-c5nc(-c6ccccc6)cc(-c6ccccc6)n5)ccc3n4-c3cc(-c4ccccc4)cc(-c4ccccc4)c3)ccc21. The van der Waals surface area contributed by atoms with Gasteiger partial charge in [-0.3, -0.25) is 0 Å². The molecule has 0 amide bonds. The van der Waals surface area contributed by atoms with Crippen molar-refractivity contribution >= 4 is 21.8 Å². The van der Waals surface area contributed by atoms with Gasteiger partial charge in [-0.15, -0.1) is 0 Å². The standard InChI is InChI=1S/C61H43N3/c1-61(2)54-26-16-15-25-50(54)51-36-44(27-30-55(51)61)45-28-31-58-52(37-45)53-38-46(60-62-56(42-21-11-5-12-22-42)39-57(63-60)43-23-13-6-14-24-43)29-32-59(53)64(58)49-34-47(40-17-7-3-8-18-40)33-48(35-49)41-19-9-4-10-20-41/h3-39H,1-2H3. The summed E-state index contributed by atoms with van der Waals surface area (Å²) in [5.41, 5.74) is 20.6. The lowest BCUT2D eigenvalue weighted by molar-refractivity contribution is 0.660. The van der Waals surface area contributed by atoms with E-state index in [-0.39, 0.29) is 5.41 Å². The Balaban J connectivity index is 1.10. The monoisotopic (exact) mass is 817 g/mol. The maximum absolute atomic E-state index is 5.25. The van der Waals surface area contributed by atoms with Crippen LogP contribution in [0.25, 0.3) is 106 Å². The normalized spacial score (nSPS) is 12.7. The molecule has 0 spiro atoms. The van der Waals surface area contributed by atoms with Crippen LogP contribution >= 0.6 is 0 Å². The third-order valence-corrected chi connectivity index (χ3v) is 13.2. The highest BCUT2D eigenvalue weighted by molar-refractivity contribution is 6.12. The summed E-state index contributed by atoms with van der Waals surface area (Å²) in [6.45, 7) is 4.68. The molecule has 64 heavy (non-hydrogen) atoms. The number of hydrogen-bond donors (Lipinski definition) is 0. The highest BCUT2D eigenvalue weighted by atomic mass is 15.0. The van der Waals surface area contributed by atoms with Crippen LogP contribution in [0.15, 0.2) is 224 Å². The van der Waals surface area contributed by atoms with Crippen LogP contribution in [0.3, 0.4) is 0 Å². The first-order chi connectivity index (χ1) is 31.5. The minimum Gasteiger partial charge on any atom is -0.309 e. The molecule has 0 bridgehead atoms. The van der Waals surface area contributed by atoms with Gasteiger partial charge in [-0.25, -0.2) is 9.97 Å². The van der Waals surface area contributed by atoms with Crippen molar-refractivity contribution in [3.8, 4) is 84.1 Å². The lowest BCUT2D eigenvalue weighted by Crippen LogP contribution is -2.14. The quantitative estimate of drug-likeness (QED) is 0.160. The van der Waals surface area contributed by atoms with E-state index in [1.54, 1.807) is 0 Å². The van der Waals surface area contributed by atoms with Gasteiger partial charge in [-0.05, 0) is 116 Å². The minimum atomic E-state index is -0.0502. The Morgan fingerprint density at radius 2 is 0.781 bits per heavy atom. The summed E-state index contributed by atoms with van der Waals surface area (Å²) in [4.78, 5) is 10.5. The summed E-state index contributed by atoms with van der Waals surface area (Å²) < 4.78 is 2.44. The lowest BCUT2D eigenvalue weighted by Gasteiger charge is -2.21. The van der Waals surface area contributed by atoms with Crippen LogP contribution in [0.1, 0.15) is 25.0 Å². The van der Waals surface area contributed by atoms with Gasteiger partial charge in [0.15, 0.2) is 5.82 Å². The fourth-order valence-electron chi connectivity index (χ4n) is 9.94. The van der Waals surface area contributed by atoms with Gasteiger partial charge in [0.05, 0.1) is 22.4 Å². The van der Waals surface area contributed by atoms with E-state index in [2.05, 4.69) is 231 Å². The maximum atomic E-state index is 5.25. The van der Waals surface area contributed by atoms with Crippen molar-refractivity contribution in [3.05, 3.63) is 236 Å². The summed E-state index contributed by atoms with van der Waals surface area (Å²) in [7, 11) is 0. The number of benzene rings is 9. The largest absolute Gasteiger partial charge is 0.309 e. The third kappa shape index (κ3) is 6.36. The zero-order valence-electron chi connectivity index (χ0n) is 35.7. The maximum Gasteiger partial charge on any atom is 0.160 e. The Morgan fingerprint density at radius 3 is 1.36 bits per heavy atom. The second-order valence-electron chi connectivity index (χ2n) is 17.4. The first kappa shape index (κ1) is 37.6. The van der Waals surface area contributed by atoms with Gasteiger partial charge in [0.2, 0.25) is 0 Å². The van der Waals surface area contributed by atoms with Crippen LogP contribution < -0.4 is 0 Å². The predicted molar refractivity (Wildman–Crippen MR) is 267 cm³/mol. The average molecular weight is 818 g/mol. The van der Waals surface area contributed by atoms with E-state index in [0.29, 0.717) is 5.82 Å².